The smallest absolute Gasteiger partial charge is 0.252 e. The molecule has 1 N–H and O–H groups in total. The van der Waals surface area contributed by atoms with Crippen LogP contribution in [0.15, 0.2) is 17.1 Å². The van der Waals surface area contributed by atoms with Gasteiger partial charge in [-0.25, -0.2) is 4.98 Å². The molecule has 0 saturated carbocycles. The lowest BCUT2D eigenvalue weighted by molar-refractivity contribution is -0.129. The Labute approximate surface area is 146 Å². The lowest BCUT2D eigenvalue weighted by Crippen LogP contribution is -2.30. The molecule has 25 heavy (non-hydrogen) atoms. The summed E-state index contributed by atoms with van der Waals surface area (Å²) in [6.45, 7) is 3.25. The Morgan fingerprint density at radius 3 is 2.84 bits per heavy atom. The van der Waals surface area contributed by atoms with Crippen molar-refractivity contribution >= 4 is 11.9 Å². The fourth-order valence-corrected chi connectivity index (χ4v) is 3.10. The predicted molar refractivity (Wildman–Crippen MR) is 94.8 cm³/mol. The van der Waals surface area contributed by atoms with Gasteiger partial charge in [-0.05, 0) is 13.3 Å². The number of likely N-dealkylation sites (tertiary alicyclic amines) is 1. The molecular formula is C17H24N6O2. The number of aromatic nitrogens is 4. The third-order valence-corrected chi connectivity index (χ3v) is 4.81. The lowest BCUT2D eigenvalue weighted by atomic mass is 10.0. The maximum atomic E-state index is 12.6. The van der Waals surface area contributed by atoms with E-state index in [0.717, 1.165) is 23.4 Å². The topological polar surface area (TPSA) is 87.1 Å². The van der Waals surface area contributed by atoms with E-state index in [1.165, 1.54) is 6.07 Å². The molecule has 1 unspecified atom stereocenters. The third-order valence-electron chi connectivity index (χ3n) is 4.81. The van der Waals surface area contributed by atoms with Gasteiger partial charge in [-0.15, -0.1) is 0 Å². The number of hydrogen-bond donors (Lipinski definition) is 1. The van der Waals surface area contributed by atoms with Crippen LogP contribution >= 0.6 is 0 Å². The maximum Gasteiger partial charge on any atom is 0.252 e. The van der Waals surface area contributed by atoms with E-state index in [1.807, 2.05) is 33.0 Å². The van der Waals surface area contributed by atoms with Gasteiger partial charge in [0.2, 0.25) is 11.9 Å². The second kappa shape index (κ2) is 6.70. The van der Waals surface area contributed by atoms with Crippen LogP contribution in [-0.2, 0) is 18.3 Å². The van der Waals surface area contributed by atoms with Crippen molar-refractivity contribution in [3.05, 3.63) is 39.6 Å². The summed E-state index contributed by atoms with van der Waals surface area (Å²) in [6.07, 6.45) is 2.93. The quantitative estimate of drug-likeness (QED) is 0.869. The minimum absolute atomic E-state index is 0.0938. The molecular weight excluding hydrogens is 320 g/mol. The molecule has 1 atom stereocenters. The summed E-state index contributed by atoms with van der Waals surface area (Å²) in [5, 5.41) is 4.19. The molecule has 0 spiro atoms. The molecule has 2 aromatic rings. The first-order valence-corrected chi connectivity index (χ1v) is 8.39. The molecule has 8 heteroatoms. The Bertz CT molecular complexity index is 838. The monoisotopic (exact) mass is 344 g/mol. The zero-order valence-corrected chi connectivity index (χ0v) is 15.1. The molecule has 2 aromatic heterocycles. The van der Waals surface area contributed by atoms with Crippen LogP contribution in [0.2, 0.25) is 0 Å². The van der Waals surface area contributed by atoms with Gasteiger partial charge in [0.25, 0.3) is 5.56 Å². The zero-order valence-electron chi connectivity index (χ0n) is 15.1. The number of anilines is 1. The predicted octanol–water partition coefficient (Wildman–Crippen LogP) is 0.436. The van der Waals surface area contributed by atoms with E-state index in [2.05, 4.69) is 15.1 Å². The van der Waals surface area contributed by atoms with Gasteiger partial charge < -0.3 is 9.80 Å². The summed E-state index contributed by atoms with van der Waals surface area (Å²) in [4.78, 5) is 35.3. The summed E-state index contributed by atoms with van der Waals surface area (Å²) in [5.41, 5.74) is 2.56. The highest BCUT2D eigenvalue weighted by molar-refractivity contribution is 5.79. The number of aryl methyl sites for hydroxylation is 1. The minimum atomic E-state index is -0.163. The van der Waals surface area contributed by atoms with Crippen LogP contribution in [0.3, 0.4) is 0 Å². The number of nitrogens with zero attached hydrogens (tertiary/aromatic N) is 5. The van der Waals surface area contributed by atoms with Crippen LogP contribution in [0.5, 0.6) is 0 Å². The average molecular weight is 344 g/mol. The summed E-state index contributed by atoms with van der Waals surface area (Å²) in [5.74, 6) is 0.731. The van der Waals surface area contributed by atoms with E-state index < -0.39 is 0 Å². The van der Waals surface area contributed by atoms with Crippen molar-refractivity contribution in [2.45, 2.75) is 25.7 Å². The minimum Gasteiger partial charge on any atom is -0.348 e. The van der Waals surface area contributed by atoms with E-state index in [-0.39, 0.29) is 17.4 Å². The first-order chi connectivity index (χ1) is 11.8. The summed E-state index contributed by atoms with van der Waals surface area (Å²) >= 11 is 0. The summed E-state index contributed by atoms with van der Waals surface area (Å²) < 4.78 is 1.78. The Morgan fingerprint density at radius 2 is 2.20 bits per heavy atom. The third kappa shape index (κ3) is 3.57. The number of H-pyrrole nitrogens is 1. The summed E-state index contributed by atoms with van der Waals surface area (Å²) in [6, 6.07) is 1.54. The molecule has 0 bridgehead atoms. The standard InChI is InChI=1S/C17H24N6O2/c1-11-13(9-18-22(11)4)7-16(25)23-6-5-12(10-23)14-8-15(24)20-17(19-14)21(2)3/h8-9,12H,5-7,10H2,1-4H3,(H,19,20,24). The van der Waals surface area contributed by atoms with Crippen molar-refractivity contribution in [2.24, 2.45) is 7.05 Å². The van der Waals surface area contributed by atoms with Crippen molar-refractivity contribution in [3.63, 3.8) is 0 Å². The van der Waals surface area contributed by atoms with E-state index >= 15 is 0 Å². The van der Waals surface area contributed by atoms with E-state index in [4.69, 9.17) is 0 Å². The molecule has 8 nitrogen and oxygen atoms in total. The van der Waals surface area contributed by atoms with E-state index in [9.17, 15) is 9.59 Å². The number of carbonyl (C=O) groups is 1. The van der Waals surface area contributed by atoms with Gasteiger partial charge in [0.1, 0.15) is 0 Å². The van der Waals surface area contributed by atoms with Crippen LogP contribution in [-0.4, -0.2) is 57.7 Å². The Kier molecular flexibility index (Phi) is 4.61. The SMILES string of the molecule is Cc1c(CC(=O)N2CCC(c3cc(=O)[nH]c(N(C)C)n3)C2)cnn1C. The molecule has 1 fully saturated rings. The number of hydrogen-bond acceptors (Lipinski definition) is 5. The van der Waals surface area contributed by atoms with E-state index in [1.54, 1.807) is 15.8 Å². The summed E-state index contributed by atoms with van der Waals surface area (Å²) in [7, 11) is 5.54. The molecule has 134 valence electrons. The van der Waals surface area contributed by atoms with Crippen LogP contribution in [0.1, 0.15) is 29.3 Å². The van der Waals surface area contributed by atoms with Crippen LogP contribution < -0.4 is 10.5 Å². The van der Waals surface area contributed by atoms with Crippen molar-refractivity contribution in [1.82, 2.24) is 24.6 Å². The molecule has 3 rings (SSSR count). The van der Waals surface area contributed by atoms with Gasteiger partial charge in [0, 0.05) is 57.5 Å². The van der Waals surface area contributed by atoms with E-state index in [0.29, 0.717) is 25.5 Å². The van der Waals surface area contributed by atoms with Crippen LogP contribution in [0, 0.1) is 6.92 Å². The van der Waals surface area contributed by atoms with Crippen molar-refractivity contribution in [3.8, 4) is 0 Å². The Morgan fingerprint density at radius 1 is 1.44 bits per heavy atom. The van der Waals surface area contributed by atoms with Crippen LogP contribution in [0.25, 0.3) is 0 Å². The molecule has 1 amide bonds. The molecule has 1 aliphatic heterocycles. The molecule has 1 aliphatic rings. The number of aromatic amines is 1. The normalized spacial score (nSPS) is 17.1. The van der Waals surface area contributed by atoms with Gasteiger partial charge >= 0.3 is 0 Å². The number of rotatable bonds is 4. The first kappa shape index (κ1) is 17.2. The molecule has 1 saturated heterocycles. The molecule has 0 aliphatic carbocycles. The molecule has 0 radical (unpaired) electrons. The fourth-order valence-electron chi connectivity index (χ4n) is 3.10. The van der Waals surface area contributed by atoms with Gasteiger partial charge in [0.05, 0.1) is 18.3 Å². The van der Waals surface area contributed by atoms with Gasteiger partial charge in [-0.1, -0.05) is 0 Å². The highest BCUT2D eigenvalue weighted by atomic mass is 16.2. The highest BCUT2D eigenvalue weighted by Crippen LogP contribution is 2.26. The maximum absolute atomic E-state index is 12.6. The Balaban J connectivity index is 1.70. The second-order valence-electron chi connectivity index (χ2n) is 6.77. The lowest BCUT2D eigenvalue weighted by Gasteiger charge is -2.17. The van der Waals surface area contributed by atoms with Gasteiger partial charge in [-0.2, -0.15) is 5.10 Å². The largest absolute Gasteiger partial charge is 0.348 e. The number of nitrogens with one attached hydrogen (secondary N) is 1. The molecule has 3 heterocycles. The average Bonchev–Trinajstić information content (AvgIpc) is 3.17. The van der Waals surface area contributed by atoms with Crippen molar-refractivity contribution < 1.29 is 4.79 Å². The zero-order chi connectivity index (χ0) is 18.1. The van der Waals surface area contributed by atoms with Crippen molar-refractivity contribution in [1.29, 1.82) is 0 Å². The van der Waals surface area contributed by atoms with Gasteiger partial charge in [-0.3, -0.25) is 19.3 Å². The van der Waals surface area contributed by atoms with Crippen molar-refractivity contribution in [2.75, 3.05) is 32.1 Å². The number of amides is 1. The second-order valence-corrected chi connectivity index (χ2v) is 6.77. The fraction of sp³-hybridized carbons (Fsp3) is 0.529. The highest BCUT2D eigenvalue weighted by Gasteiger charge is 2.29. The van der Waals surface area contributed by atoms with Crippen LogP contribution in [0.4, 0.5) is 5.95 Å². The molecule has 0 aromatic carbocycles. The first-order valence-electron chi connectivity index (χ1n) is 8.39. The van der Waals surface area contributed by atoms with Gasteiger partial charge in [0.15, 0.2) is 0 Å². The Hall–Kier alpha value is -2.64. The number of carbonyl (C=O) groups excluding carboxylic acids is 1.